The molecule has 0 radical (unpaired) electrons. The van der Waals surface area contributed by atoms with Crippen LogP contribution in [0.1, 0.15) is 18.7 Å². The molecule has 0 amide bonds. The van der Waals surface area contributed by atoms with E-state index in [-0.39, 0.29) is 11.9 Å². The molecule has 1 aromatic heterocycles. The number of rotatable bonds is 4. The molecule has 1 fully saturated rings. The zero-order valence-corrected chi connectivity index (χ0v) is 16.8. The smallest absolute Gasteiger partial charge is 0.250 e. The Morgan fingerprint density at radius 2 is 1.73 bits per heavy atom. The maximum absolute atomic E-state index is 6.02. The second-order valence-electron chi connectivity index (χ2n) is 6.25. The first kappa shape index (κ1) is 19.4. The molecule has 0 bridgehead atoms. The van der Waals surface area contributed by atoms with Gasteiger partial charge in [-0.3, -0.25) is 0 Å². The number of hydrogen-bond acceptors (Lipinski definition) is 6. The predicted molar refractivity (Wildman–Crippen MR) is 105 cm³/mol. The Morgan fingerprint density at radius 1 is 1.08 bits per heavy atom. The fraction of sp³-hybridized carbons (Fsp3) is 0.471. The van der Waals surface area contributed by atoms with E-state index in [1.807, 2.05) is 24.3 Å². The number of aromatic nitrogens is 3. The van der Waals surface area contributed by atoms with Gasteiger partial charge in [-0.1, -0.05) is 34.8 Å². The summed E-state index contributed by atoms with van der Waals surface area (Å²) in [6.07, 6.45) is 2.01. The van der Waals surface area contributed by atoms with E-state index in [9.17, 15) is 0 Å². The molecule has 1 aliphatic heterocycles. The van der Waals surface area contributed by atoms with Gasteiger partial charge in [-0.15, -0.1) is 0 Å². The number of piperidine rings is 1. The topological polar surface area (TPSA) is 63.2 Å². The zero-order valence-electron chi connectivity index (χ0n) is 14.5. The number of nitrogens with one attached hydrogen (secondary N) is 1. The molecule has 2 aromatic rings. The van der Waals surface area contributed by atoms with Crippen molar-refractivity contribution in [1.82, 2.24) is 19.9 Å². The van der Waals surface area contributed by atoms with Gasteiger partial charge in [-0.2, -0.15) is 9.97 Å². The highest BCUT2D eigenvalue weighted by molar-refractivity contribution is 6.66. The number of likely N-dealkylation sites (tertiary alicyclic amines) is 1. The van der Waals surface area contributed by atoms with Crippen LogP contribution in [0, 0.1) is 0 Å². The van der Waals surface area contributed by atoms with Crippen LogP contribution < -0.4 is 10.1 Å². The summed E-state index contributed by atoms with van der Waals surface area (Å²) >= 11 is 18.1. The fourth-order valence-electron chi connectivity index (χ4n) is 2.77. The summed E-state index contributed by atoms with van der Waals surface area (Å²) < 4.78 is 3.45. The van der Waals surface area contributed by atoms with Crippen molar-refractivity contribution < 1.29 is 4.74 Å². The summed E-state index contributed by atoms with van der Waals surface area (Å²) in [7, 11) is 3.73. The Labute approximate surface area is 167 Å². The first-order chi connectivity index (χ1) is 12.3. The highest BCUT2D eigenvalue weighted by atomic mass is 35.6. The van der Waals surface area contributed by atoms with Crippen molar-refractivity contribution in [2.45, 2.75) is 22.7 Å². The molecule has 1 N–H and O–H groups in total. The highest BCUT2D eigenvalue weighted by Gasteiger charge is 2.29. The monoisotopic (exact) mass is 415 g/mol. The van der Waals surface area contributed by atoms with E-state index in [4.69, 9.17) is 39.5 Å². The van der Waals surface area contributed by atoms with Gasteiger partial charge < -0.3 is 15.0 Å². The van der Waals surface area contributed by atoms with Gasteiger partial charge in [0.1, 0.15) is 5.75 Å². The summed E-state index contributed by atoms with van der Waals surface area (Å²) in [6.45, 7) is 2.04. The quantitative estimate of drug-likeness (QED) is 0.763. The summed E-state index contributed by atoms with van der Waals surface area (Å²) in [5.41, 5.74) is 0.787. The molecule has 140 valence electrons. The van der Waals surface area contributed by atoms with E-state index in [1.54, 1.807) is 7.11 Å². The Balaban J connectivity index is 1.90. The summed E-state index contributed by atoms with van der Waals surface area (Å²) in [5.74, 6) is 1.70. The molecule has 0 aliphatic carbocycles. The number of hydrogen-bond donors (Lipinski definition) is 1. The lowest BCUT2D eigenvalue weighted by Crippen LogP contribution is -2.37. The average molecular weight is 417 g/mol. The second kappa shape index (κ2) is 8.13. The molecule has 6 nitrogen and oxygen atoms in total. The van der Waals surface area contributed by atoms with E-state index in [2.05, 4.69) is 32.2 Å². The number of ether oxygens (including phenoxy) is 1. The summed E-state index contributed by atoms with van der Waals surface area (Å²) in [4.78, 5) is 15.5. The zero-order chi connectivity index (χ0) is 18.7. The number of alkyl halides is 3. The Hall–Kier alpha value is -1.34. The average Bonchev–Trinajstić information content (AvgIpc) is 2.63. The minimum atomic E-state index is -1.73. The number of halogens is 3. The Kier molecular flexibility index (Phi) is 6.07. The van der Waals surface area contributed by atoms with Crippen molar-refractivity contribution in [3.05, 3.63) is 30.1 Å². The van der Waals surface area contributed by atoms with Crippen LogP contribution in [0.3, 0.4) is 0 Å². The third-order valence-electron chi connectivity index (χ3n) is 4.29. The van der Waals surface area contributed by atoms with Crippen LogP contribution in [0.25, 0.3) is 11.4 Å². The predicted octanol–water partition coefficient (Wildman–Crippen LogP) is 3.88. The van der Waals surface area contributed by atoms with Gasteiger partial charge in [0.25, 0.3) is 0 Å². The van der Waals surface area contributed by atoms with Crippen LogP contribution in [0.15, 0.2) is 24.3 Å². The van der Waals surface area contributed by atoms with E-state index >= 15 is 0 Å². The molecule has 1 aromatic carbocycles. The van der Waals surface area contributed by atoms with Gasteiger partial charge >= 0.3 is 0 Å². The van der Waals surface area contributed by atoms with E-state index in [1.165, 1.54) is 0 Å². The van der Waals surface area contributed by atoms with Crippen LogP contribution in [0.5, 0.6) is 5.75 Å². The number of methoxy groups -OCH3 is 1. The van der Waals surface area contributed by atoms with Gasteiger partial charge in [-0.05, 0) is 57.2 Å². The molecular formula is C17H20Cl3N5O. The largest absolute Gasteiger partial charge is 0.497 e. The van der Waals surface area contributed by atoms with Gasteiger partial charge in [0.15, 0.2) is 11.6 Å². The first-order valence-corrected chi connectivity index (χ1v) is 9.41. The number of nitrogens with zero attached hydrogens (tertiary/aromatic N) is 4. The molecule has 2 heterocycles. The Bertz CT molecular complexity index is 743. The second-order valence-corrected chi connectivity index (χ2v) is 8.54. The third kappa shape index (κ3) is 4.88. The lowest BCUT2D eigenvalue weighted by atomic mass is 10.1. The van der Waals surface area contributed by atoms with E-state index in [0.717, 1.165) is 37.2 Å². The molecular weight excluding hydrogens is 397 g/mol. The Morgan fingerprint density at radius 3 is 2.31 bits per heavy atom. The number of benzene rings is 1. The van der Waals surface area contributed by atoms with Crippen molar-refractivity contribution in [1.29, 1.82) is 0 Å². The van der Waals surface area contributed by atoms with Gasteiger partial charge in [0.2, 0.25) is 9.74 Å². The SMILES string of the molecule is COc1ccc(-c2nc(NC3CCN(C)CC3)nc(C(Cl)(Cl)Cl)n2)cc1. The van der Waals surface area contributed by atoms with Crippen LogP contribution in [-0.4, -0.2) is 53.1 Å². The number of anilines is 1. The molecule has 0 atom stereocenters. The molecule has 0 saturated carbocycles. The maximum Gasteiger partial charge on any atom is 0.250 e. The van der Waals surface area contributed by atoms with Gasteiger partial charge in [-0.25, -0.2) is 4.98 Å². The third-order valence-corrected chi connectivity index (χ3v) is 4.80. The van der Waals surface area contributed by atoms with Crippen LogP contribution in [0.4, 0.5) is 5.95 Å². The molecule has 0 unspecified atom stereocenters. The molecule has 1 saturated heterocycles. The van der Waals surface area contributed by atoms with Crippen LogP contribution >= 0.6 is 34.8 Å². The lowest BCUT2D eigenvalue weighted by Gasteiger charge is -2.29. The van der Waals surface area contributed by atoms with E-state index in [0.29, 0.717) is 11.8 Å². The summed E-state index contributed by atoms with van der Waals surface area (Å²) in [5, 5.41) is 3.36. The fourth-order valence-corrected chi connectivity index (χ4v) is 3.03. The van der Waals surface area contributed by atoms with Gasteiger partial charge in [0.05, 0.1) is 7.11 Å². The standard InChI is InChI=1S/C17H20Cl3N5O/c1-25-9-7-12(8-10-25)21-16-23-14(22-15(24-16)17(18,19)20)11-3-5-13(26-2)6-4-11/h3-6,12H,7-10H2,1-2H3,(H,21,22,23,24). The summed E-state index contributed by atoms with van der Waals surface area (Å²) in [6, 6.07) is 7.66. The van der Waals surface area contributed by atoms with Crippen molar-refractivity contribution in [3.8, 4) is 17.1 Å². The minimum Gasteiger partial charge on any atom is -0.497 e. The van der Waals surface area contributed by atoms with Crippen LogP contribution in [0.2, 0.25) is 0 Å². The minimum absolute atomic E-state index is 0.0961. The van der Waals surface area contributed by atoms with E-state index < -0.39 is 3.79 Å². The maximum atomic E-state index is 6.02. The van der Waals surface area contributed by atoms with Gasteiger partial charge in [0, 0.05) is 11.6 Å². The lowest BCUT2D eigenvalue weighted by molar-refractivity contribution is 0.263. The first-order valence-electron chi connectivity index (χ1n) is 8.28. The molecule has 9 heteroatoms. The van der Waals surface area contributed by atoms with Crippen LogP contribution in [-0.2, 0) is 3.79 Å². The normalized spacial score (nSPS) is 16.5. The molecule has 3 rings (SSSR count). The molecule has 1 aliphatic rings. The van der Waals surface area contributed by atoms with Crippen molar-refractivity contribution >= 4 is 40.8 Å². The molecule has 26 heavy (non-hydrogen) atoms. The van der Waals surface area contributed by atoms with Crippen molar-refractivity contribution in [2.75, 3.05) is 32.6 Å². The van der Waals surface area contributed by atoms with Crippen molar-refractivity contribution in [3.63, 3.8) is 0 Å². The highest BCUT2D eigenvalue weighted by Crippen LogP contribution is 2.37. The van der Waals surface area contributed by atoms with Crippen molar-refractivity contribution in [2.24, 2.45) is 0 Å². The molecule has 0 spiro atoms.